The molecule has 2 aromatic carbocycles. The second kappa shape index (κ2) is 7.12. The Kier molecular flexibility index (Phi) is 4.52. The fourth-order valence-corrected chi connectivity index (χ4v) is 3.55. The van der Waals surface area contributed by atoms with Crippen LogP contribution in [0.5, 0.6) is 0 Å². The van der Waals surface area contributed by atoms with Crippen molar-refractivity contribution in [2.45, 2.75) is 37.8 Å². The average molecular weight is 346 g/mol. The largest absolute Gasteiger partial charge is 0.351 e. The van der Waals surface area contributed by atoms with Crippen LogP contribution in [0.4, 0.5) is 0 Å². The predicted octanol–water partition coefficient (Wildman–Crippen LogP) is 3.06. The summed E-state index contributed by atoms with van der Waals surface area (Å²) in [4.78, 5) is 16.8. The van der Waals surface area contributed by atoms with Gasteiger partial charge in [-0.05, 0) is 29.5 Å². The molecule has 1 saturated carbocycles. The highest BCUT2D eigenvalue weighted by Gasteiger charge is 2.45. The first-order valence-electron chi connectivity index (χ1n) is 9.00. The number of carbonyl (C=O) groups excluding carboxylic acids is 1. The van der Waals surface area contributed by atoms with Gasteiger partial charge in [0.2, 0.25) is 5.91 Å². The molecule has 26 heavy (non-hydrogen) atoms. The summed E-state index contributed by atoms with van der Waals surface area (Å²) in [5.41, 5.74) is 3.05. The summed E-state index contributed by atoms with van der Waals surface area (Å²) >= 11 is 0. The van der Waals surface area contributed by atoms with Crippen molar-refractivity contribution < 1.29 is 4.79 Å². The average Bonchev–Trinajstić information content (AvgIpc) is 3.14. The van der Waals surface area contributed by atoms with Gasteiger partial charge in [0, 0.05) is 6.54 Å². The van der Waals surface area contributed by atoms with E-state index in [1.54, 1.807) is 11.0 Å². The molecule has 1 aliphatic rings. The van der Waals surface area contributed by atoms with Crippen molar-refractivity contribution in [1.29, 1.82) is 0 Å². The van der Waals surface area contributed by atoms with Gasteiger partial charge in [-0.15, -0.1) is 0 Å². The number of rotatable bonds is 6. The minimum Gasteiger partial charge on any atom is -0.351 e. The van der Waals surface area contributed by atoms with E-state index in [9.17, 15) is 4.79 Å². The van der Waals surface area contributed by atoms with Crippen LogP contribution in [-0.2, 0) is 23.3 Å². The Balaban J connectivity index is 1.38. The highest BCUT2D eigenvalue weighted by atomic mass is 16.2. The van der Waals surface area contributed by atoms with Gasteiger partial charge >= 0.3 is 0 Å². The Morgan fingerprint density at radius 2 is 1.77 bits per heavy atom. The second-order valence-electron chi connectivity index (χ2n) is 6.89. The number of amides is 1. The van der Waals surface area contributed by atoms with Crippen LogP contribution in [0, 0.1) is 0 Å². The topological polar surface area (TPSA) is 59.8 Å². The summed E-state index contributed by atoms with van der Waals surface area (Å²) in [6.07, 6.45) is 6.21. The molecule has 3 aromatic rings. The maximum atomic E-state index is 12.9. The maximum absolute atomic E-state index is 12.9. The van der Waals surface area contributed by atoms with Crippen molar-refractivity contribution in [2.24, 2.45) is 0 Å². The molecular formula is C21H22N4O. The molecule has 1 aliphatic carbocycles. The van der Waals surface area contributed by atoms with E-state index in [2.05, 4.69) is 51.8 Å². The van der Waals surface area contributed by atoms with Gasteiger partial charge < -0.3 is 5.32 Å². The number of carbonyl (C=O) groups is 1. The zero-order valence-electron chi connectivity index (χ0n) is 14.6. The Morgan fingerprint density at radius 1 is 1.04 bits per heavy atom. The molecule has 1 fully saturated rings. The Hall–Kier alpha value is -2.95. The summed E-state index contributed by atoms with van der Waals surface area (Å²) in [5.74, 6) is 0.140. The number of hydrogen-bond donors (Lipinski definition) is 1. The summed E-state index contributed by atoms with van der Waals surface area (Å²) < 4.78 is 1.79. The Labute approximate surface area is 153 Å². The van der Waals surface area contributed by atoms with Gasteiger partial charge in [0.05, 0.1) is 12.0 Å². The van der Waals surface area contributed by atoms with E-state index < -0.39 is 0 Å². The molecule has 5 heteroatoms. The minimum atomic E-state index is -0.339. The molecule has 1 heterocycles. The summed E-state index contributed by atoms with van der Waals surface area (Å²) in [6, 6.07) is 18.4. The van der Waals surface area contributed by atoms with Crippen LogP contribution < -0.4 is 5.32 Å². The number of aromatic nitrogens is 3. The zero-order valence-corrected chi connectivity index (χ0v) is 14.6. The molecule has 1 N–H and O–H groups in total. The molecule has 1 amide bonds. The van der Waals surface area contributed by atoms with Gasteiger partial charge in [0.1, 0.15) is 12.7 Å². The fourth-order valence-electron chi connectivity index (χ4n) is 3.55. The van der Waals surface area contributed by atoms with Crippen LogP contribution in [-0.4, -0.2) is 20.7 Å². The van der Waals surface area contributed by atoms with Gasteiger partial charge in [0.25, 0.3) is 0 Å². The van der Waals surface area contributed by atoms with E-state index in [0.29, 0.717) is 13.1 Å². The SMILES string of the molecule is O=C(NCc1ccc(Cn2cncn2)cc1)C1(c2ccccc2)CCC1. The normalized spacial score (nSPS) is 15.2. The molecule has 0 bridgehead atoms. The van der Waals surface area contributed by atoms with Crippen LogP contribution in [0.25, 0.3) is 0 Å². The first-order chi connectivity index (χ1) is 12.8. The maximum Gasteiger partial charge on any atom is 0.230 e. The van der Waals surface area contributed by atoms with Gasteiger partial charge in [-0.1, -0.05) is 61.0 Å². The van der Waals surface area contributed by atoms with E-state index in [-0.39, 0.29) is 11.3 Å². The summed E-state index contributed by atoms with van der Waals surface area (Å²) in [5, 5.41) is 7.25. The first kappa shape index (κ1) is 16.5. The molecule has 0 spiro atoms. The van der Waals surface area contributed by atoms with Crippen molar-refractivity contribution in [3.63, 3.8) is 0 Å². The first-order valence-corrected chi connectivity index (χ1v) is 9.00. The lowest BCUT2D eigenvalue weighted by Gasteiger charge is -2.40. The standard InChI is InChI=1S/C21H22N4O/c26-20(21(11-4-12-21)19-5-2-1-3-6-19)23-13-17-7-9-18(10-8-17)14-25-16-22-15-24-25/h1-3,5-10,15-16H,4,11-14H2,(H,23,26). The van der Waals surface area contributed by atoms with E-state index >= 15 is 0 Å². The smallest absolute Gasteiger partial charge is 0.230 e. The molecule has 5 nitrogen and oxygen atoms in total. The molecule has 4 rings (SSSR count). The fraction of sp³-hybridized carbons (Fsp3) is 0.286. The highest BCUT2D eigenvalue weighted by molar-refractivity contribution is 5.89. The third kappa shape index (κ3) is 3.25. The van der Waals surface area contributed by atoms with Crippen molar-refractivity contribution in [3.05, 3.63) is 83.9 Å². The number of nitrogens with zero attached hydrogens (tertiary/aromatic N) is 3. The molecule has 0 radical (unpaired) electrons. The van der Waals surface area contributed by atoms with Crippen LogP contribution in [0.3, 0.4) is 0 Å². The van der Waals surface area contributed by atoms with Crippen molar-refractivity contribution in [3.8, 4) is 0 Å². The molecular weight excluding hydrogens is 324 g/mol. The van der Waals surface area contributed by atoms with Crippen molar-refractivity contribution >= 4 is 5.91 Å². The Morgan fingerprint density at radius 3 is 2.38 bits per heavy atom. The van der Waals surface area contributed by atoms with E-state index in [0.717, 1.165) is 36.0 Å². The lowest BCUT2D eigenvalue weighted by atomic mass is 9.64. The quantitative estimate of drug-likeness (QED) is 0.746. The third-order valence-corrected chi connectivity index (χ3v) is 5.26. The highest BCUT2D eigenvalue weighted by Crippen LogP contribution is 2.43. The van der Waals surface area contributed by atoms with Gasteiger partial charge in [-0.25, -0.2) is 9.67 Å². The monoisotopic (exact) mass is 346 g/mol. The number of benzene rings is 2. The van der Waals surface area contributed by atoms with Crippen LogP contribution in [0.15, 0.2) is 67.3 Å². The van der Waals surface area contributed by atoms with Crippen LogP contribution in [0.2, 0.25) is 0 Å². The van der Waals surface area contributed by atoms with Crippen LogP contribution in [0.1, 0.15) is 36.0 Å². The minimum absolute atomic E-state index is 0.140. The lowest BCUT2D eigenvalue weighted by molar-refractivity contribution is -0.130. The molecule has 132 valence electrons. The van der Waals surface area contributed by atoms with Crippen LogP contribution >= 0.6 is 0 Å². The molecule has 0 atom stereocenters. The van der Waals surface area contributed by atoms with E-state index in [4.69, 9.17) is 0 Å². The molecule has 0 aliphatic heterocycles. The van der Waals surface area contributed by atoms with Crippen molar-refractivity contribution in [2.75, 3.05) is 0 Å². The number of hydrogen-bond acceptors (Lipinski definition) is 3. The third-order valence-electron chi connectivity index (χ3n) is 5.26. The lowest BCUT2D eigenvalue weighted by Crippen LogP contribution is -2.48. The second-order valence-corrected chi connectivity index (χ2v) is 6.89. The van der Waals surface area contributed by atoms with Crippen molar-refractivity contribution in [1.82, 2.24) is 20.1 Å². The van der Waals surface area contributed by atoms with E-state index in [1.807, 2.05) is 18.2 Å². The summed E-state index contributed by atoms with van der Waals surface area (Å²) in [6.45, 7) is 1.25. The van der Waals surface area contributed by atoms with Gasteiger partial charge in [0.15, 0.2) is 0 Å². The zero-order chi connectivity index (χ0) is 17.8. The van der Waals surface area contributed by atoms with Gasteiger partial charge in [-0.3, -0.25) is 4.79 Å². The number of nitrogens with one attached hydrogen (secondary N) is 1. The molecule has 0 unspecified atom stereocenters. The Bertz CT molecular complexity index is 853. The van der Waals surface area contributed by atoms with E-state index in [1.165, 1.54) is 6.33 Å². The predicted molar refractivity (Wildman–Crippen MR) is 99.4 cm³/mol. The molecule has 1 aromatic heterocycles. The van der Waals surface area contributed by atoms with Gasteiger partial charge in [-0.2, -0.15) is 5.10 Å². The summed E-state index contributed by atoms with van der Waals surface area (Å²) in [7, 11) is 0. The molecule has 0 saturated heterocycles.